The average Bonchev–Trinajstić information content (AvgIpc) is 3.75. The van der Waals surface area contributed by atoms with Gasteiger partial charge in [0.05, 0.1) is 39.9 Å². The molecule has 2 N–H and O–H groups in total. The molecule has 0 spiro atoms. The lowest BCUT2D eigenvalue weighted by Crippen LogP contribution is -2.43. The van der Waals surface area contributed by atoms with E-state index < -0.39 is 49.9 Å². The summed E-state index contributed by atoms with van der Waals surface area (Å²) < 4.78 is 49.6. The highest BCUT2D eigenvalue weighted by Gasteiger charge is 2.51. The van der Waals surface area contributed by atoms with Crippen LogP contribution in [0.15, 0.2) is 101 Å². The minimum Gasteiger partial charge on any atom is -0.497 e. The highest BCUT2D eigenvalue weighted by atomic mass is 31.2. The van der Waals surface area contributed by atoms with Gasteiger partial charge in [0.2, 0.25) is 5.91 Å². The Bertz CT molecular complexity index is 2320. The van der Waals surface area contributed by atoms with Gasteiger partial charge >= 0.3 is 5.69 Å². The van der Waals surface area contributed by atoms with E-state index in [-0.39, 0.29) is 37.6 Å². The fraction of sp³-hybridized carbons (Fsp3) is 0.593. The minimum absolute atomic E-state index is 0.0163. The predicted molar refractivity (Wildman–Crippen MR) is 296 cm³/mol. The molecule has 0 bridgehead atoms. The monoisotopic (exact) mass is 1060 g/mol. The van der Waals surface area contributed by atoms with Crippen LogP contribution < -0.4 is 26.0 Å². The van der Waals surface area contributed by atoms with Gasteiger partial charge in [-0.3, -0.25) is 19.1 Å². The van der Waals surface area contributed by atoms with Gasteiger partial charge in [0, 0.05) is 43.9 Å². The maximum Gasteiger partial charge on any atom is 0.330 e. The van der Waals surface area contributed by atoms with E-state index in [9.17, 15) is 19.6 Å². The number of H-pyrrole nitrogens is 1. The Morgan fingerprint density at radius 1 is 0.747 bits per heavy atom. The number of carbonyl (C=O) groups excluding carboxylic acids is 1. The lowest BCUT2D eigenvalue weighted by atomic mass is 9.80. The van der Waals surface area contributed by atoms with Gasteiger partial charge in [0.25, 0.3) is 14.1 Å². The number of benzene rings is 3. The Kier molecular flexibility index (Phi) is 27.1. The molecule has 1 aliphatic rings. The number of hydrogen-bond donors (Lipinski definition) is 2. The number of unbranched alkanes of at least 4 members (excludes halogenated alkanes) is 13. The topological polar surface area (TPSA) is 176 Å². The van der Waals surface area contributed by atoms with E-state index >= 15 is 0 Å². The standard InChI is InChI=1S/C59H86N5O10P/c1-8-9-10-11-12-13-14-15-16-17-23-29-53(65)61-40-24-18-19-25-42-70-56-55(74-75(72-43-26-39-60)64(45(2)3)46(4)5)52(73-57(56)63-41-38-54(66)62-58(63)67)44-71-59(47-27-21-20-22-28-47,48-30-34-50(68-6)35-31-48)49-32-36-51(69-7)37-33-49/h20-22,27-28,30-38,41,45-46,52,55-57H,8-19,23-26,29,40,42-44H2,1-7H3,(H,61,65)(H,62,66,67)/t52-,55-,56-,57-,75?/m1/s1. The van der Waals surface area contributed by atoms with Crippen molar-refractivity contribution in [3.63, 3.8) is 0 Å². The second kappa shape index (κ2) is 33.3. The highest BCUT2D eigenvalue weighted by molar-refractivity contribution is 7.44. The molecule has 412 valence electrons. The molecule has 0 aliphatic carbocycles. The number of amides is 1. The molecule has 75 heavy (non-hydrogen) atoms. The third-order valence-electron chi connectivity index (χ3n) is 13.6. The molecule has 0 radical (unpaired) electrons. The zero-order valence-corrected chi connectivity index (χ0v) is 46.7. The summed E-state index contributed by atoms with van der Waals surface area (Å²) in [5.41, 5.74) is 0.0323. The van der Waals surface area contributed by atoms with Crippen LogP contribution >= 0.6 is 8.53 Å². The van der Waals surface area contributed by atoms with Crippen LogP contribution in [0.1, 0.15) is 167 Å². The lowest BCUT2D eigenvalue weighted by Gasteiger charge is -2.39. The molecule has 4 aromatic rings. The third-order valence-corrected chi connectivity index (χ3v) is 15.8. The van der Waals surface area contributed by atoms with Crippen molar-refractivity contribution in [3.05, 3.63) is 129 Å². The number of methoxy groups -OCH3 is 2. The first-order valence-electron chi connectivity index (χ1n) is 27.6. The van der Waals surface area contributed by atoms with Gasteiger partial charge in [0.15, 0.2) is 6.23 Å². The Labute approximate surface area is 447 Å². The second-order valence-electron chi connectivity index (χ2n) is 19.9. The van der Waals surface area contributed by atoms with Crippen molar-refractivity contribution in [3.8, 4) is 17.6 Å². The van der Waals surface area contributed by atoms with Crippen LogP contribution in [0.25, 0.3) is 0 Å². The largest absolute Gasteiger partial charge is 0.497 e. The third kappa shape index (κ3) is 18.7. The summed E-state index contributed by atoms with van der Waals surface area (Å²) >= 11 is 0. The van der Waals surface area contributed by atoms with Crippen molar-refractivity contribution in [2.75, 3.05) is 40.6 Å². The normalized spacial score (nSPS) is 17.1. The van der Waals surface area contributed by atoms with Crippen LogP contribution in [0.3, 0.4) is 0 Å². The number of rotatable bonds is 37. The molecule has 2 heterocycles. The number of nitrogens with one attached hydrogen (secondary N) is 2. The van der Waals surface area contributed by atoms with Gasteiger partial charge in [-0.15, -0.1) is 0 Å². The maximum absolute atomic E-state index is 13.7. The van der Waals surface area contributed by atoms with E-state index in [1.807, 2.05) is 78.9 Å². The van der Waals surface area contributed by atoms with E-state index in [0.717, 1.165) is 48.8 Å². The van der Waals surface area contributed by atoms with E-state index in [4.69, 9.17) is 32.7 Å². The van der Waals surface area contributed by atoms with Gasteiger partial charge < -0.3 is 38.0 Å². The molecule has 1 fully saturated rings. The second-order valence-corrected chi connectivity index (χ2v) is 21.3. The van der Waals surface area contributed by atoms with E-state index in [2.05, 4.69) is 55.7 Å². The predicted octanol–water partition coefficient (Wildman–Crippen LogP) is 11.9. The molecule has 1 saturated heterocycles. The molecule has 1 amide bonds. The average molecular weight is 1060 g/mol. The molecular formula is C59H86N5O10P. The smallest absolute Gasteiger partial charge is 0.330 e. The quantitative estimate of drug-likeness (QED) is 0.0249. The van der Waals surface area contributed by atoms with Crippen molar-refractivity contribution in [1.29, 1.82) is 5.26 Å². The number of aromatic nitrogens is 2. The number of hydrogen-bond acceptors (Lipinski definition) is 12. The van der Waals surface area contributed by atoms with Crippen molar-refractivity contribution in [1.82, 2.24) is 19.5 Å². The molecule has 16 heteroatoms. The Morgan fingerprint density at radius 3 is 1.87 bits per heavy atom. The molecular weight excluding hydrogens is 970 g/mol. The molecule has 1 aromatic heterocycles. The van der Waals surface area contributed by atoms with E-state index in [1.54, 1.807) is 14.2 Å². The number of nitriles is 1. The fourth-order valence-electron chi connectivity index (χ4n) is 9.74. The molecule has 5 rings (SSSR count). The SMILES string of the molecule is CCCCCCCCCCCCCC(=O)NCCCCCCO[C@@H]1[C@H](OP(OCCC#N)N(C(C)C)C(C)C)[C@@H](COC(c2ccccc2)(c2ccc(OC)cc2)c2ccc(OC)cc2)O[C@H]1n1ccc(=O)[nH]c1=O. The zero-order valence-electron chi connectivity index (χ0n) is 45.8. The summed E-state index contributed by atoms with van der Waals surface area (Å²) in [5.74, 6) is 1.47. The molecule has 1 unspecified atom stereocenters. The van der Waals surface area contributed by atoms with Crippen LogP contribution in [0.5, 0.6) is 11.5 Å². The van der Waals surface area contributed by atoms with E-state index in [1.165, 1.54) is 74.6 Å². The van der Waals surface area contributed by atoms with Crippen LogP contribution in [-0.2, 0) is 33.7 Å². The maximum atomic E-state index is 13.7. The van der Waals surface area contributed by atoms with Gasteiger partial charge in [0.1, 0.15) is 35.4 Å². The summed E-state index contributed by atoms with van der Waals surface area (Å²) in [4.78, 5) is 41.2. The molecule has 3 aromatic carbocycles. The van der Waals surface area contributed by atoms with Crippen molar-refractivity contribution in [2.24, 2.45) is 0 Å². The summed E-state index contributed by atoms with van der Waals surface area (Å²) in [6, 6.07) is 28.9. The Morgan fingerprint density at radius 2 is 1.31 bits per heavy atom. The van der Waals surface area contributed by atoms with Crippen molar-refractivity contribution >= 4 is 14.4 Å². The number of carbonyl (C=O) groups is 1. The highest BCUT2D eigenvalue weighted by Crippen LogP contribution is 2.51. The van der Waals surface area contributed by atoms with Gasteiger partial charge in [-0.2, -0.15) is 5.26 Å². The van der Waals surface area contributed by atoms with Crippen LogP contribution in [0.4, 0.5) is 0 Å². The first-order chi connectivity index (χ1) is 36.5. The first-order valence-corrected chi connectivity index (χ1v) is 28.7. The van der Waals surface area contributed by atoms with Crippen molar-refractivity contribution in [2.45, 2.75) is 186 Å². The Balaban J connectivity index is 1.38. The minimum atomic E-state index is -1.85. The summed E-state index contributed by atoms with van der Waals surface area (Å²) in [6.45, 7) is 11.5. The molecule has 15 nitrogen and oxygen atoms in total. The number of aromatic amines is 1. The lowest BCUT2D eigenvalue weighted by molar-refractivity contribution is -0.121. The summed E-state index contributed by atoms with van der Waals surface area (Å²) in [7, 11) is 1.40. The summed E-state index contributed by atoms with van der Waals surface area (Å²) in [6.07, 6.45) is 15.4. The molecule has 5 atom stereocenters. The van der Waals surface area contributed by atoms with E-state index in [0.29, 0.717) is 37.5 Å². The van der Waals surface area contributed by atoms with Crippen molar-refractivity contribution < 1.29 is 37.5 Å². The fourth-order valence-corrected chi connectivity index (χ4v) is 11.5. The van der Waals surface area contributed by atoms with Gasteiger partial charge in [-0.25, -0.2) is 9.46 Å². The molecule has 1 aliphatic heterocycles. The summed E-state index contributed by atoms with van der Waals surface area (Å²) in [5, 5.41) is 12.7. The van der Waals surface area contributed by atoms with Crippen LogP contribution in [0, 0.1) is 11.3 Å². The molecule has 0 saturated carbocycles. The zero-order chi connectivity index (χ0) is 53.8. The van der Waals surface area contributed by atoms with Gasteiger partial charge in [-0.1, -0.05) is 139 Å². The van der Waals surface area contributed by atoms with Crippen LogP contribution in [-0.4, -0.2) is 91.1 Å². The number of nitrogens with zero attached hydrogens (tertiary/aromatic N) is 3. The van der Waals surface area contributed by atoms with Gasteiger partial charge in [-0.05, 0) is 87.9 Å². The Hall–Kier alpha value is -4.91. The first kappa shape index (κ1) is 60.9. The number of ether oxygens (including phenoxy) is 5. The van der Waals surface area contributed by atoms with Crippen LogP contribution in [0.2, 0.25) is 0 Å².